The van der Waals surface area contributed by atoms with Gasteiger partial charge in [0.05, 0.1) is 12.8 Å². The second kappa shape index (κ2) is 7.78. The minimum atomic E-state index is 0.661. The van der Waals surface area contributed by atoms with Crippen molar-refractivity contribution < 1.29 is 4.74 Å². The fourth-order valence-electron chi connectivity index (χ4n) is 3.99. The van der Waals surface area contributed by atoms with E-state index in [1.54, 1.807) is 7.11 Å². The van der Waals surface area contributed by atoms with Gasteiger partial charge in [-0.05, 0) is 62.4 Å². The Hall–Kier alpha value is -3.41. The summed E-state index contributed by atoms with van der Waals surface area (Å²) in [6.07, 6.45) is 5.02. The van der Waals surface area contributed by atoms with E-state index in [1.165, 1.54) is 29.5 Å². The van der Waals surface area contributed by atoms with Gasteiger partial charge in [0.15, 0.2) is 5.82 Å². The molecular formula is C24H25N5O. The highest BCUT2D eigenvalue weighted by Gasteiger charge is 2.21. The molecule has 0 amide bonds. The third kappa shape index (κ3) is 3.61. The largest absolute Gasteiger partial charge is 0.497 e. The molecule has 2 heterocycles. The van der Waals surface area contributed by atoms with E-state index in [1.807, 2.05) is 28.8 Å². The molecule has 0 bridgehead atoms. The minimum Gasteiger partial charge on any atom is -0.497 e. The molecule has 0 fully saturated rings. The average molecular weight is 399 g/mol. The van der Waals surface area contributed by atoms with Crippen LogP contribution in [0.25, 0.3) is 5.78 Å². The number of nitrogens with zero attached hydrogens (tertiary/aromatic N) is 4. The Balaban J connectivity index is 1.55. The molecule has 0 saturated heterocycles. The van der Waals surface area contributed by atoms with E-state index >= 15 is 0 Å². The van der Waals surface area contributed by atoms with Gasteiger partial charge < -0.3 is 10.1 Å². The molecule has 0 spiro atoms. The highest BCUT2D eigenvalue weighted by atomic mass is 16.5. The van der Waals surface area contributed by atoms with Gasteiger partial charge in [0.25, 0.3) is 5.78 Å². The van der Waals surface area contributed by atoms with Gasteiger partial charge in [-0.25, -0.2) is 4.98 Å². The van der Waals surface area contributed by atoms with Crippen LogP contribution < -0.4 is 10.1 Å². The van der Waals surface area contributed by atoms with E-state index < -0.39 is 0 Å². The molecule has 4 aromatic rings. The van der Waals surface area contributed by atoms with E-state index in [4.69, 9.17) is 19.8 Å². The van der Waals surface area contributed by atoms with Crippen LogP contribution in [0.5, 0.6) is 5.75 Å². The molecule has 0 atom stereocenters. The van der Waals surface area contributed by atoms with Crippen LogP contribution in [-0.2, 0) is 19.3 Å². The number of ether oxygens (including phenoxy) is 1. The number of rotatable bonds is 5. The molecule has 152 valence electrons. The van der Waals surface area contributed by atoms with Crippen molar-refractivity contribution in [3.63, 3.8) is 0 Å². The second-order valence-corrected chi connectivity index (χ2v) is 7.85. The van der Waals surface area contributed by atoms with E-state index in [0.717, 1.165) is 41.6 Å². The topological polar surface area (TPSA) is 64.3 Å². The number of hydrogen-bond donors (Lipinski definition) is 1. The lowest BCUT2D eigenvalue weighted by Gasteiger charge is -2.20. The molecule has 0 saturated carbocycles. The molecule has 6 heteroatoms. The molecular weight excluding hydrogens is 374 g/mol. The van der Waals surface area contributed by atoms with Crippen molar-refractivity contribution >= 4 is 17.3 Å². The Morgan fingerprint density at radius 2 is 1.73 bits per heavy atom. The maximum Gasteiger partial charge on any atom is 0.254 e. The fourth-order valence-corrected chi connectivity index (χ4v) is 3.99. The van der Waals surface area contributed by atoms with Gasteiger partial charge in [0.2, 0.25) is 0 Å². The predicted octanol–water partition coefficient (Wildman–Crippen LogP) is 4.65. The Morgan fingerprint density at radius 1 is 0.967 bits per heavy atom. The van der Waals surface area contributed by atoms with E-state index in [-0.39, 0.29) is 0 Å². The minimum absolute atomic E-state index is 0.661. The summed E-state index contributed by atoms with van der Waals surface area (Å²) < 4.78 is 7.16. The Labute approximate surface area is 176 Å². The Bertz CT molecular complexity index is 1180. The van der Waals surface area contributed by atoms with Gasteiger partial charge in [0, 0.05) is 17.7 Å². The Kier molecular flexibility index (Phi) is 4.83. The average Bonchev–Trinajstić information content (AvgIpc) is 3.18. The fraction of sp³-hybridized carbons (Fsp3) is 0.292. The number of anilines is 2. The molecule has 1 N–H and O–H groups in total. The maximum absolute atomic E-state index is 5.28. The molecule has 0 radical (unpaired) electrons. The smallest absolute Gasteiger partial charge is 0.254 e. The first-order valence-corrected chi connectivity index (χ1v) is 10.4. The van der Waals surface area contributed by atoms with Crippen molar-refractivity contribution in [2.24, 2.45) is 0 Å². The lowest BCUT2D eigenvalue weighted by Crippen LogP contribution is -2.13. The van der Waals surface area contributed by atoms with Crippen LogP contribution in [0, 0.1) is 6.92 Å². The molecule has 30 heavy (non-hydrogen) atoms. The third-order valence-corrected chi connectivity index (χ3v) is 5.64. The first kappa shape index (κ1) is 18.6. The number of aromatic nitrogens is 4. The van der Waals surface area contributed by atoms with Gasteiger partial charge in [-0.2, -0.15) is 9.50 Å². The van der Waals surface area contributed by atoms with Gasteiger partial charge in [-0.1, -0.05) is 29.8 Å². The van der Waals surface area contributed by atoms with Crippen LogP contribution in [0.1, 0.15) is 41.1 Å². The number of hydrogen-bond acceptors (Lipinski definition) is 5. The molecule has 1 aliphatic carbocycles. The van der Waals surface area contributed by atoms with Crippen molar-refractivity contribution in [2.45, 2.75) is 39.0 Å². The molecule has 2 aromatic carbocycles. The molecule has 0 unspecified atom stereocenters. The molecule has 5 rings (SSSR count). The SMILES string of the molecule is COc1ccc(Nc2c3c(nc4nc(Cc5ccc(C)cc5)nn24)CCCC3)cc1. The van der Waals surface area contributed by atoms with Crippen LogP contribution in [0.15, 0.2) is 48.5 Å². The van der Waals surface area contributed by atoms with Crippen molar-refractivity contribution in [1.29, 1.82) is 0 Å². The summed E-state index contributed by atoms with van der Waals surface area (Å²) in [6.45, 7) is 2.10. The molecule has 6 nitrogen and oxygen atoms in total. The number of nitrogens with one attached hydrogen (secondary N) is 1. The Morgan fingerprint density at radius 3 is 2.50 bits per heavy atom. The maximum atomic E-state index is 5.28. The van der Waals surface area contributed by atoms with Crippen LogP contribution in [0.3, 0.4) is 0 Å². The van der Waals surface area contributed by atoms with E-state index in [0.29, 0.717) is 12.2 Å². The van der Waals surface area contributed by atoms with Gasteiger partial charge in [0.1, 0.15) is 11.6 Å². The predicted molar refractivity (Wildman–Crippen MR) is 118 cm³/mol. The summed E-state index contributed by atoms with van der Waals surface area (Å²) in [7, 11) is 1.68. The van der Waals surface area contributed by atoms with Crippen molar-refractivity contribution in [2.75, 3.05) is 12.4 Å². The quantitative estimate of drug-likeness (QED) is 0.529. The van der Waals surface area contributed by atoms with E-state index in [9.17, 15) is 0 Å². The molecule has 2 aromatic heterocycles. The van der Waals surface area contributed by atoms with Crippen molar-refractivity contribution in [3.8, 4) is 5.75 Å². The van der Waals surface area contributed by atoms with E-state index in [2.05, 4.69) is 36.5 Å². The molecule has 0 aliphatic heterocycles. The van der Waals surface area contributed by atoms with Gasteiger partial charge in [-0.15, -0.1) is 5.10 Å². The summed E-state index contributed by atoms with van der Waals surface area (Å²) in [6, 6.07) is 16.5. The third-order valence-electron chi connectivity index (χ3n) is 5.64. The summed E-state index contributed by atoms with van der Waals surface area (Å²) in [5, 5.41) is 8.40. The zero-order valence-corrected chi connectivity index (χ0v) is 17.4. The highest BCUT2D eigenvalue weighted by Crippen LogP contribution is 2.30. The van der Waals surface area contributed by atoms with Crippen molar-refractivity contribution in [3.05, 3.63) is 76.7 Å². The number of methoxy groups -OCH3 is 1. The number of aryl methyl sites for hydroxylation is 2. The monoisotopic (exact) mass is 399 g/mol. The van der Waals surface area contributed by atoms with Crippen molar-refractivity contribution in [1.82, 2.24) is 19.6 Å². The van der Waals surface area contributed by atoms with Crippen LogP contribution >= 0.6 is 0 Å². The number of fused-ring (bicyclic) bond motifs is 2. The van der Waals surface area contributed by atoms with Gasteiger partial charge >= 0.3 is 0 Å². The van der Waals surface area contributed by atoms with Crippen LogP contribution in [-0.4, -0.2) is 26.7 Å². The lowest BCUT2D eigenvalue weighted by molar-refractivity contribution is 0.415. The van der Waals surface area contributed by atoms with Crippen LogP contribution in [0.2, 0.25) is 0 Å². The molecule has 1 aliphatic rings. The summed E-state index contributed by atoms with van der Waals surface area (Å²) in [5.74, 6) is 3.26. The van der Waals surface area contributed by atoms with Crippen LogP contribution in [0.4, 0.5) is 11.5 Å². The standard InChI is InChI=1S/C24H25N5O/c1-16-7-9-17(10-8-16)15-22-27-24-26-21-6-4-3-5-20(21)23(29(24)28-22)25-18-11-13-19(30-2)14-12-18/h7-14,25H,3-6,15H2,1-2H3. The summed E-state index contributed by atoms with van der Waals surface area (Å²) in [4.78, 5) is 9.60. The first-order chi connectivity index (χ1) is 14.7. The first-order valence-electron chi connectivity index (χ1n) is 10.4. The summed E-state index contributed by atoms with van der Waals surface area (Å²) >= 11 is 0. The zero-order chi connectivity index (χ0) is 20.5. The highest BCUT2D eigenvalue weighted by molar-refractivity contribution is 5.64. The summed E-state index contributed by atoms with van der Waals surface area (Å²) in [5.41, 5.74) is 5.83. The normalized spacial score (nSPS) is 13.3. The van der Waals surface area contributed by atoms with Gasteiger partial charge in [-0.3, -0.25) is 0 Å². The lowest BCUT2D eigenvalue weighted by atomic mass is 9.96. The zero-order valence-electron chi connectivity index (χ0n) is 17.4. The number of benzene rings is 2. The second-order valence-electron chi connectivity index (χ2n) is 7.85.